The van der Waals surface area contributed by atoms with E-state index in [1.54, 1.807) is 4.90 Å². The summed E-state index contributed by atoms with van der Waals surface area (Å²) in [6, 6.07) is 10.0. The van der Waals surface area contributed by atoms with Gasteiger partial charge in [0.25, 0.3) is 11.1 Å². The van der Waals surface area contributed by atoms with Crippen molar-refractivity contribution in [1.82, 2.24) is 14.7 Å². The van der Waals surface area contributed by atoms with Crippen LogP contribution in [-0.4, -0.2) is 33.7 Å². The topological polar surface area (TPSA) is 84.4 Å². The van der Waals surface area contributed by atoms with Gasteiger partial charge in [-0.25, -0.2) is 4.68 Å². The number of nitrogens with one attached hydrogen (secondary N) is 1. The third-order valence-electron chi connectivity index (χ3n) is 4.33. The van der Waals surface area contributed by atoms with Gasteiger partial charge in [0, 0.05) is 18.7 Å². The first-order valence-electron chi connectivity index (χ1n) is 8.41. The molecule has 2 heterocycles. The zero-order valence-corrected chi connectivity index (χ0v) is 14.1. The van der Waals surface area contributed by atoms with Gasteiger partial charge in [0.1, 0.15) is 12.3 Å². The number of aromatic nitrogens is 2. The van der Waals surface area contributed by atoms with Crippen molar-refractivity contribution in [3.63, 3.8) is 0 Å². The Bertz CT molecular complexity index is 854. The van der Waals surface area contributed by atoms with E-state index in [-0.39, 0.29) is 18.5 Å². The van der Waals surface area contributed by atoms with Gasteiger partial charge in [-0.2, -0.15) is 0 Å². The summed E-state index contributed by atoms with van der Waals surface area (Å²) in [6.07, 6.45) is 1.78. The van der Waals surface area contributed by atoms with Gasteiger partial charge in [-0.05, 0) is 37.5 Å². The molecule has 7 nitrogen and oxygen atoms in total. The highest BCUT2D eigenvalue weighted by Gasteiger charge is 2.30. The number of hydrogen-bond acceptors (Lipinski definition) is 4. The van der Waals surface area contributed by atoms with Crippen LogP contribution in [0.5, 0.6) is 5.75 Å². The Balaban J connectivity index is 1.76. The molecule has 25 heavy (non-hydrogen) atoms. The highest BCUT2D eigenvalue weighted by atomic mass is 16.5. The maximum atomic E-state index is 12.7. The van der Waals surface area contributed by atoms with Crippen LogP contribution < -0.4 is 15.9 Å². The quantitative estimate of drug-likeness (QED) is 0.887. The Hall–Kier alpha value is -2.83. The van der Waals surface area contributed by atoms with Crippen LogP contribution in [0.25, 0.3) is 0 Å². The fraction of sp³-hybridized carbons (Fsp3) is 0.389. The Morgan fingerprint density at radius 3 is 2.68 bits per heavy atom. The van der Waals surface area contributed by atoms with Gasteiger partial charge >= 0.3 is 0 Å². The van der Waals surface area contributed by atoms with Crippen molar-refractivity contribution in [3.05, 3.63) is 62.7 Å². The predicted molar refractivity (Wildman–Crippen MR) is 92.6 cm³/mol. The lowest BCUT2D eigenvalue weighted by atomic mass is 10.0. The summed E-state index contributed by atoms with van der Waals surface area (Å²) in [5.74, 6) is 0.621. The number of aromatic amines is 1. The first-order valence-corrected chi connectivity index (χ1v) is 8.41. The van der Waals surface area contributed by atoms with Gasteiger partial charge < -0.3 is 9.64 Å². The van der Waals surface area contributed by atoms with Crippen LogP contribution in [0.3, 0.4) is 0 Å². The molecule has 1 amide bonds. The van der Waals surface area contributed by atoms with Gasteiger partial charge in [0.2, 0.25) is 5.91 Å². The molecule has 0 radical (unpaired) electrons. The van der Waals surface area contributed by atoms with Gasteiger partial charge in [-0.1, -0.05) is 12.1 Å². The average molecular weight is 343 g/mol. The van der Waals surface area contributed by atoms with Crippen molar-refractivity contribution >= 4 is 5.91 Å². The smallest absolute Gasteiger partial charge is 0.265 e. The molecule has 1 fully saturated rings. The summed E-state index contributed by atoms with van der Waals surface area (Å²) < 4.78 is 6.50. The van der Waals surface area contributed by atoms with Crippen LogP contribution in [0, 0.1) is 0 Å². The average Bonchev–Trinajstić information content (AvgIpc) is 3.09. The number of nitrogens with zero attached hydrogens (tertiary/aromatic N) is 2. The minimum atomic E-state index is -0.406. The van der Waals surface area contributed by atoms with E-state index in [0.29, 0.717) is 13.2 Å². The monoisotopic (exact) mass is 343 g/mol. The number of carbonyl (C=O) groups excluding carboxylic acids is 1. The summed E-state index contributed by atoms with van der Waals surface area (Å²) in [5.41, 5.74) is 0.241. The second-order valence-corrected chi connectivity index (χ2v) is 5.98. The van der Waals surface area contributed by atoms with E-state index in [1.165, 1.54) is 6.07 Å². The zero-order chi connectivity index (χ0) is 17.8. The molecule has 3 rings (SSSR count). The standard InChI is InChI=1S/C18H21N3O4/c1-2-25-14-7-5-13(6-8-14)15-4-3-11-20(15)18(24)12-21-17(23)10-9-16(22)19-21/h5-10,15H,2-4,11-12H2,1H3,(H,19,22)/t15-/m0/s1. The number of H-pyrrole nitrogens is 1. The number of rotatable bonds is 5. The van der Waals surface area contributed by atoms with Crippen LogP contribution in [0.1, 0.15) is 31.4 Å². The molecule has 7 heteroatoms. The Kier molecular flexibility index (Phi) is 5.02. The van der Waals surface area contributed by atoms with E-state index in [9.17, 15) is 14.4 Å². The molecule has 1 N–H and O–H groups in total. The highest BCUT2D eigenvalue weighted by molar-refractivity contribution is 5.76. The lowest BCUT2D eigenvalue weighted by Gasteiger charge is -2.25. The number of carbonyl (C=O) groups is 1. The van der Waals surface area contributed by atoms with Gasteiger partial charge in [0.05, 0.1) is 12.6 Å². The van der Waals surface area contributed by atoms with Crippen molar-refractivity contribution in [1.29, 1.82) is 0 Å². The van der Waals surface area contributed by atoms with Gasteiger partial charge in [-0.3, -0.25) is 19.5 Å². The summed E-state index contributed by atoms with van der Waals surface area (Å²) in [5, 5.41) is 2.39. The molecule has 0 bridgehead atoms. The second-order valence-electron chi connectivity index (χ2n) is 5.98. The molecule has 1 aliphatic heterocycles. The van der Waals surface area contributed by atoms with Crippen LogP contribution in [0.4, 0.5) is 0 Å². The van der Waals surface area contributed by atoms with E-state index in [2.05, 4.69) is 5.10 Å². The van der Waals surface area contributed by atoms with Gasteiger partial charge in [-0.15, -0.1) is 0 Å². The minimum Gasteiger partial charge on any atom is -0.494 e. The molecule has 1 aromatic heterocycles. The second kappa shape index (κ2) is 7.38. The molecule has 2 aromatic rings. The Morgan fingerprint density at radius 2 is 1.96 bits per heavy atom. The minimum absolute atomic E-state index is 0.0192. The van der Waals surface area contributed by atoms with Crippen molar-refractivity contribution in [2.24, 2.45) is 0 Å². The zero-order valence-electron chi connectivity index (χ0n) is 14.1. The SMILES string of the molecule is CCOc1ccc([C@@H]2CCCN2C(=O)Cn2[nH]c(=O)ccc2=O)cc1. The molecule has 1 aliphatic rings. The molecule has 0 aliphatic carbocycles. The number of hydrogen-bond donors (Lipinski definition) is 1. The van der Waals surface area contributed by atoms with Crippen LogP contribution >= 0.6 is 0 Å². The van der Waals surface area contributed by atoms with E-state index in [0.717, 1.165) is 34.9 Å². The molecule has 0 spiro atoms. The molecule has 1 aromatic carbocycles. The van der Waals surface area contributed by atoms with Crippen LogP contribution in [0.15, 0.2) is 46.0 Å². The summed E-state index contributed by atoms with van der Waals surface area (Å²) in [7, 11) is 0. The maximum Gasteiger partial charge on any atom is 0.265 e. The van der Waals surface area contributed by atoms with E-state index in [4.69, 9.17) is 4.74 Å². The van der Waals surface area contributed by atoms with E-state index < -0.39 is 11.1 Å². The molecule has 0 unspecified atom stereocenters. The largest absolute Gasteiger partial charge is 0.494 e. The number of likely N-dealkylation sites (tertiary alicyclic amines) is 1. The van der Waals surface area contributed by atoms with Gasteiger partial charge in [0.15, 0.2) is 0 Å². The van der Waals surface area contributed by atoms with Crippen molar-refractivity contribution in [2.45, 2.75) is 32.4 Å². The molecular weight excluding hydrogens is 322 g/mol. The van der Waals surface area contributed by atoms with Crippen LogP contribution in [0.2, 0.25) is 0 Å². The van der Waals surface area contributed by atoms with E-state index in [1.807, 2.05) is 31.2 Å². The first-order chi connectivity index (χ1) is 12.1. The fourth-order valence-corrected chi connectivity index (χ4v) is 3.17. The fourth-order valence-electron chi connectivity index (χ4n) is 3.17. The normalized spacial score (nSPS) is 16.8. The summed E-state index contributed by atoms with van der Waals surface area (Å²) >= 11 is 0. The number of ether oxygens (including phenoxy) is 1. The van der Waals surface area contributed by atoms with E-state index >= 15 is 0 Å². The number of amides is 1. The number of benzene rings is 1. The Morgan fingerprint density at radius 1 is 1.20 bits per heavy atom. The first kappa shape index (κ1) is 17.0. The lowest BCUT2D eigenvalue weighted by Crippen LogP contribution is -2.38. The summed E-state index contributed by atoms with van der Waals surface area (Å²) in [4.78, 5) is 37.6. The molecule has 0 saturated carbocycles. The third kappa shape index (κ3) is 3.81. The van der Waals surface area contributed by atoms with Crippen LogP contribution in [-0.2, 0) is 11.3 Å². The van der Waals surface area contributed by atoms with Crippen molar-refractivity contribution in [3.8, 4) is 5.75 Å². The van der Waals surface area contributed by atoms with Crippen molar-refractivity contribution in [2.75, 3.05) is 13.2 Å². The third-order valence-corrected chi connectivity index (χ3v) is 4.33. The predicted octanol–water partition coefficient (Wildman–Crippen LogP) is 1.30. The molecular formula is C18H21N3O4. The maximum absolute atomic E-state index is 12.7. The summed E-state index contributed by atoms with van der Waals surface area (Å²) in [6.45, 7) is 3.02. The Labute approximate surface area is 144 Å². The molecule has 132 valence electrons. The lowest BCUT2D eigenvalue weighted by molar-refractivity contribution is -0.133. The highest BCUT2D eigenvalue weighted by Crippen LogP contribution is 2.32. The molecule has 1 saturated heterocycles. The molecule has 1 atom stereocenters. The van der Waals surface area contributed by atoms with Crippen molar-refractivity contribution < 1.29 is 9.53 Å².